The monoisotopic (exact) mass is 163 g/mol. The van der Waals surface area contributed by atoms with Gasteiger partial charge in [0.25, 0.3) is 0 Å². The van der Waals surface area contributed by atoms with Crippen molar-refractivity contribution >= 4 is 11.7 Å². The molecule has 0 unspecified atom stereocenters. The number of amides is 1. The molecule has 0 bridgehead atoms. The minimum atomic E-state index is -0.325. The fraction of sp³-hybridized carbons (Fsp3) is 0.250. The topological polar surface area (TPSA) is 58.7 Å². The molecular weight excluding hydrogens is 154 g/mol. The van der Waals surface area contributed by atoms with Crippen molar-refractivity contribution in [3.05, 3.63) is 24.4 Å². The quantitative estimate of drug-likeness (QED) is 0.573. The van der Waals surface area contributed by atoms with E-state index in [9.17, 15) is 4.79 Å². The van der Waals surface area contributed by atoms with E-state index in [0.717, 1.165) is 5.84 Å². The number of amidine groups is 1. The maximum absolute atomic E-state index is 10.9. The minimum absolute atomic E-state index is 0.291. The first-order chi connectivity index (χ1) is 5.79. The van der Waals surface area contributed by atoms with Crippen LogP contribution in [-0.4, -0.2) is 29.2 Å². The normalized spacial score (nSPS) is 25.5. The lowest BCUT2D eigenvalue weighted by Gasteiger charge is -2.21. The van der Waals surface area contributed by atoms with Gasteiger partial charge < -0.3 is 10.6 Å². The maximum atomic E-state index is 10.9. The number of hydrogen-bond donors (Lipinski definition) is 1. The third-order valence-corrected chi connectivity index (χ3v) is 1.96. The van der Waals surface area contributed by atoms with Gasteiger partial charge in [-0.15, -0.1) is 0 Å². The van der Waals surface area contributed by atoms with Crippen molar-refractivity contribution in [1.29, 1.82) is 0 Å². The molecule has 2 aliphatic heterocycles. The molecule has 0 aromatic rings. The van der Waals surface area contributed by atoms with Gasteiger partial charge in [0.2, 0.25) is 5.91 Å². The first-order valence-electron chi connectivity index (χ1n) is 3.76. The molecule has 4 nitrogen and oxygen atoms in total. The van der Waals surface area contributed by atoms with Gasteiger partial charge in [-0.2, -0.15) is 0 Å². The van der Waals surface area contributed by atoms with Gasteiger partial charge >= 0.3 is 0 Å². The fourth-order valence-corrected chi connectivity index (χ4v) is 1.34. The van der Waals surface area contributed by atoms with E-state index in [1.807, 2.05) is 24.4 Å². The SMILES string of the molecule is NC(=O)[C@H]1CN=C2C=CC=CN21. The summed E-state index contributed by atoms with van der Waals surface area (Å²) < 4.78 is 0. The molecule has 0 aliphatic carbocycles. The highest BCUT2D eigenvalue weighted by Crippen LogP contribution is 2.14. The third-order valence-electron chi connectivity index (χ3n) is 1.96. The molecule has 0 spiro atoms. The summed E-state index contributed by atoms with van der Waals surface area (Å²) in [6, 6.07) is -0.291. The van der Waals surface area contributed by atoms with E-state index in [0.29, 0.717) is 6.54 Å². The molecule has 1 atom stereocenters. The standard InChI is InChI=1S/C8H9N3O/c9-8(12)6-5-10-7-3-1-2-4-11(6)7/h1-4,6H,5H2,(H2,9,12)/t6-/m1/s1. The lowest BCUT2D eigenvalue weighted by molar-refractivity contribution is -0.120. The second-order valence-corrected chi connectivity index (χ2v) is 2.72. The van der Waals surface area contributed by atoms with Crippen LogP contribution in [0.5, 0.6) is 0 Å². The Kier molecular flexibility index (Phi) is 1.46. The van der Waals surface area contributed by atoms with Crippen LogP contribution in [0.4, 0.5) is 0 Å². The molecule has 0 aromatic heterocycles. The predicted molar refractivity (Wildman–Crippen MR) is 45.4 cm³/mol. The van der Waals surface area contributed by atoms with Gasteiger partial charge in [-0.3, -0.25) is 9.79 Å². The zero-order valence-corrected chi connectivity index (χ0v) is 6.47. The van der Waals surface area contributed by atoms with Crippen LogP contribution in [0.15, 0.2) is 29.4 Å². The van der Waals surface area contributed by atoms with Gasteiger partial charge in [0.15, 0.2) is 0 Å². The van der Waals surface area contributed by atoms with Gasteiger partial charge in [0, 0.05) is 6.20 Å². The third kappa shape index (κ3) is 0.922. The van der Waals surface area contributed by atoms with Crippen LogP contribution in [0.1, 0.15) is 0 Å². The van der Waals surface area contributed by atoms with Crippen LogP contribution in [0.25, 0.3) is 0 Å². The molecule has 0 radical (unpaired) electrons. The predicted octanol–water partition coefficient (Wildman–Crippen LogP) is -0.362. The summed E-state index contributed by atoms with van der Waals surface area (Å²) in [6.07, 6.45) is 7.43. The van der Waals surface area contributed by atoms with E-state index < -0.39 is 0 Å². The largest absolute Gasteiger partial charge is 0.368 e. The van der Waals surface area contributed by atoms with E-state index in [1.54, 1.807) is 4.90 Å². The molecule has 0 aromatic carbocycles. The van der Waals surface area contributed by atoms with Crippen LogP contribution < -0.4 is 5.73 Å². The van der Waals surface area contributed by atoms with Crippen molar-refractivity contribution in [1.82, 2.24) is 4.90 Å². The summed E-state index contributed by atoms with van der Waals surface area (Å²) >= 11 is 0. The van der Waals surface area contributed by atoms with Crippen molar-refractivity contribution in [2.45, 2.75) is 6.04 Å². The van der Waals surface area contributed by atoms with E-state index in [2.05, 4.69) is 4.99 Å². The summed E-state index contributed by atoms with van der Waals surface area (Å²) in [4.78, 5) is 16.9. The number of carbonyl (C=O) groups excluding carboxylic acids is 1. The molecule has 0 saturated carbocycles. The summed E-state index contributed by atoms with van der Waals surface area (Å²) in [7, 11) is 0. The van der Waals surface area contributed by atoms with Crippen LogP contribution in [0.2, 0.25) is 0 Å². The summed E-state index contributed by atoms with van der Waals surface area (Å²) in [5.74, 6) is 0.495. The zero-order chi connectivity index (χ0) is 8.55. The Balaban J connectivity index is 2.25. The Morgan fingerprint density at radius 1 is 1.67 bits per heavy atom. The van der Waals surface area contributed by atoms with Crippen molar-refractivity contribution in [3.63, 3.8) is 0 Å². The first-order valence-corrected chi connectivity index (χ1v) is 3.76. The van der Waals surface area contributed by atoms with E-state index >= 15 is 0 Å². The van der Waals surface area contributed by atoms with Gasteiger partial charge in [0.05, 0.1) is 6.54 Å². The molecule has 0 saturated heterocycles. The molecule has 2 heterocycles. The molecule has 12 heavy (non-hydrogen) atoms. The molecule has 62 valence electrons. The lowest BCUT2D eigenvalue weighted by Crippen LogP contribution is -2.42. The highest BCUT2D eigenvalue weighted by molar-refractivity contribution is 6.00. The number of hydrogen-bond acceptors (Lipinski definition) is 3. The van der Waals surface area contributed by atoms with Crippen LogP contribution >= 0.6 is 0 Å². The Labute approximate surface area is 70.1 Å². The average Bonchev–Trinajstić information content (AvgIpc) is 2.47. The number of fused-ring (bicyclic) bond motifs is 1. The van der Waals surface area contributed by atoms with Crippen molar-refractivity contribution in [2.75, 3.05) is 6.54 Å². The van der Waals surface area contributed by atoms with E-state index in [4.69, 9.17) is 5.73 Å². The molecule has 0 fully saturated rings. The van der Waals surface area contributed by atoms with Gasteiger partial charge in [-0.1, -0.05) is 6.08 Å². The van der Waals surface area contributed by atoms with Gasteiger partial charge in [0.1, 0.15) is 11.9 Å². The summed E-state index contributed by atoms with van der Waals surface area (Å²) in [5.41, 5.74) is 5.19. The lowest BCUT2D eigenvalue weighted by atomic mass is 10.2. The maximum Gasteiger partial charge on any atom is 0.242 e. The number of primary amides is 1. The molecular formula is C8H9N3O. The molecule has 1 amide bonds. The fourth-order valence-electron chi connectivity index (χ4n) is 1.34. The Hall–Kier alpha value is -1.58. The highest BCUT2D eigenvalue weighted by Gasteiger charge is 2.29. The van der Waals surface area contributed by atoms with Crippen LogP contribution in [0.3, 0.4) is 0 Å². The van der Waals surface area contributed by atoms with Crippen molar-refractivity contribution in [3.8, 4) is 0 Å². The van der Waals surface area contributed by atoms with E-state index in [-0.39, 0.29) is 11.9 Å². The van der Waals surface area contributed by atoms with Gasteiger partial charge in [-0.25, -0.2) is 0 Å². The number of nitrogens with zero attached hydrogens (tertiary/aromatic N) is 2. The zero-order valence-electron chi connectivity index (χ0n) is 6.47. The average molecular weight is 163 g/mol. The summed E-state index contributed by atoms with van der Waals surface area (Å²) in [5, 5.41) is 0. The second kappa shape index (κ2) is 2.48. The van der Waals surface area contributed by atoms with E-state index in [1.165, 1.54) is 0 Å². The molecule has 4 heteroatoms. The summed E-state index contributed by atoms with van der Waals surface area (Å²) in [6.45, 7) is 0.472. The van der Waals surface area contributed by atoms with Crippen molar-refractivity contribution in [2.24, 2.45) is 10.7 Å². The first kappa shape index (κ1) is 7.09. The number of aliphatic imine (C=N–C) groups is 1. The highest BCUT2D eigenvalue weighted by atomic mass is 16.1. The number of allylic oxidation sites excluding steroid dienone is 2. The smallest absolute Gasteiger partial charge is 0.242 e. The molecule has 2 aliphatic rings. The van der Waals surface area contributed by atoms with Crippen molar-refractivity contribution < 1.29 is 4.79 Å². The minimum Gasteiger partial charge on any atom is -0.368 e. The molecule has 2 N–H and O–H groups in total. The van der Waals surface area contributed by atoms with Crippen LogP contribution in [-0.2, 0) is 4.79 Å². The number of rotatable bonds is 1. The van der Waals surface area contributed by atoms with Gasteiger partial charge in [-0.05, 0) is 12.2 Å². The van der Waals surface area contributed by atoms with Crippen LogP contribution in [0, 0.1) is 0 Å². The molecule has 2 rings (SSSR count). The number of carbonyl (C=O) groups is 1. The number of nitrogens with two attached hydrogens (primary N) is 1. The Morgan fingerprint density at radius 2 is 2.50 bits per heavy atom. The second-order valence-electron chi connectivity index (χ2n) is 2.72. The Morgan fingerprint density at radius 3 is 3.25 bits per heavy atom. The Bertz CT molecular complexity index is 303.